The number of nitrogens with one attached hydrogen (secondary N) is 2. The van der Waals surface area contributed by atoms with Crippen molar-refractivity contribution < 1.29 is 17.6 Å². The van der Waals surface area contributed by atoms with Crippen molar-refractivity contribution in [3.8, 4) is 0 Å². The summed E-state index contributed by atoms with van der Waals surface area (Å²) in [6, 6.07) is 21.1. The Kier molecular flexibility index (Phi) is 7.12. The number of halogens is 1. The molecule has 0 fully saturated rings. The zero-order chi connectivity index (χ0) is 21.6. The molecule has 2 N–H and O–H groups in total. The number of hydrogen-bond acceptors (Lipinski definition) is 4. The van der Waals surface area contributed by atoms with Crippen LogP contribution in [0.25, 0.3) is 0 Å². The van der Waals surface area contributed by atoms with E-state index in [9.17, 15) is 17.6 Å². The Morgan fingerprint density at radius 2 is 1.60 bits per heavy atom. The molecule has 0 aliphatic heterocycles. The highest BCUT2D eigenvalue weighted by atomic mass is 32.2. The van der Waals surface area contributed by atoms with E-state index in [2.05, 4.69) is 10.0 Å². The number of amides is 1. The summed E-state index contributed by atoms with van der Waals surface area (Å²) in [5.41, 5.74) is 1.50. The molecule has 30 heavy (non-hydrogen) atoms. The fourth-order valence-corrected chi connectivity index (χ4v) is 4.49. The summed E-state index contributed by atoms with van der Waals surface area (Å²) in [6.07, 6.45) is 0. The maximum absolute atomic E-state index is 13.7. The van der Waals surface area contributed by atoms with E-state index in [0.717, 1.165) is 5.56 Å². The molecule has 0 aliphatic rings. The zero-order valence-corrected chi connectivity index (χ0v) is 17.8. The Morgan fingerprint density at radius 1 is 0.967 bits per heavy atom. The molecule has 1 atom stereocenters. The molecule has 0 spiro atoms. The van der Waals surface area contributed by atoms with E-state index in [4.69, 9.17) is 0 Å². The Bertz CT molecular complexity index is 1100. The SMILES string of the molecule is CC(SCc1ccccc1)C(=O)Nc1ccc(S(=O)(=O)Nc2ccccc2F)cc1. The molecular formula is C22H21FN2O3S2. The summed E-state index contributed by atoms with van der Waals surface area (Å²) < 4.78 is 40.8. The highest BCUT2D eigenvalue weighted by molar-refractivity contribution is 7.99. The molecule has 5 nitrogen and oxygen atoms in total. The van der Waals surface area contributed by atoms with E-state index in [1.54, 1.807) is 0 Å². The number of thioether (sulfide) groups is 1. The van der Waals surface area contributed by atoms with Gasteiger partial charge in [0.1, 0.15) is 5.82 Å². The largest absolute Gasteiger partial charge is 0.325 e. The van der Waals surface area contributed by atoms with E-state index < -0.39 is 15.8 Å². The van der Waals surface area contributed by atoms with Crippen LogP contribution in [0.15, 0.2) is 83.8 Å². The molecular weight excluding hydrogens is 423 g/mol. The second-order valence-corrected chi connectivity index (χ2v) is 9.55. The van der Waals surface area contributed by atoms with Gasteiger partial charge in [-0.3, -0.25) is 9.52 Å². The number of rotatable bonds is 8. The molecule has 1 unspecified atom stereocenters. The average Bonchev–Trinajstić information content (AvgIpc) is 2.74. The molecule has 3 rings (SSSR count). The molecule has 0 saturated heterocycles. The number of anilines is 2. The minimum Gasteiger partial charge on any atom is -0.325 e. The Balaban J connectivity index is 1.59. The van der Waals surface area contributed by atoms with Crippen molar-refractivity contribution in [2.24, 2.45) is 0 Å². The topological polar surface area (TPSA) is 75.3 Å². The summed E-state index contributed by atoms with van der Waals surface area (Å²) in [7, 11) is -3.94. The van der Waals surface area contributed by atoms with Crippen LogP contribution in [0, 0.1) is 5.82 Å². The third-order valence-corrected chi connectivity index (χ3v) is 6.86. The molecule has 3 aromatic carbocycles. The van der Waals surface area contributed by atoms with Crippen LogP contribution in [0.4, 0.5) is 15.8 Å². The first-order valence-electron chi connectivity index (χ1n) is 9.19. The second-order valence-electron chi connectivity index (χ2n) is 6.54. The average molecular weight is 445 g/mol. The fourth-order valence-electron chi connectivity index (χ4n) is 2.58. The van der Waals surface area contributed by atoms with Crippen LogP contribution in [0.5, 0.6) is 0 Å². The van der Waals surface area contributed by atoms with Gasteiger partial charge in [0.25, 0.3) is 10.0 Å². The summed E-state index contributed by atoms with van der Waals surface area (Å²) >= 11 is 1.51. The van der Waals surface area contributed by atoms with Crippen molar-refractivity contribution in [3.63, 3.8) is 0 Å². The van der Waals surface area contributed by atoms with Gasteiger partial charge in [-0.2, -0.15) is 0 Å². The van der Waals surface area contributed by atoms with Gasteiger partial charge >= 0.3 is 0 Å². The van der Waals surface area contributed by atoms with Crippen LogP contribution in [0.3, 0.4) is 0 Å². The van der Waals surface area contributed by atoms with Gasteiger partial charge in [-0.1, -0.05) is 42.5 Å². The van der Waals surface area contributed by atoms with Crippen LogP contribution in [-0.4, -0.2) is 19.6 Å². The smallest absolute Gasteiger partial charge is 0.261 e. The van der Waals surface area contributed by atoms with Crippen molar-refractivity contribution in [1.82, 2.24) is 0 Å². The minimum atomic E-state index is -3.94. The Labute approximate surface area is 179 Å². The number of hydrogen-bond donors (Lipinski definition) is 2. The number of carbonyl (C=O) groups excluding carboxylic acids is 1. The van der Waals surface area contributed by atoms with E-state index in [0.29, 0.717) is 11.4 Å². The molecule has 0 aliphatic carbocycles. The normalized spacial score (nSPS) is 12.2. The first-order valence-corrected chi connectivity index (χ1v) is 11.7. The van der Waals surface area contributed by atoms with E-state index in [1.165, 1.54) is 60.3 Å². The molecule has 0 radical (unpaired) electrons. The van der Waals surface area contributed by atoms with Crippen molar-refractivity contribution >= 4 is 39.1 Å². The Hall–Kier alpha value is -2.84. The third kappa shape index (κ3) is 5.84. The lowest BCUT2D eigenvalue weighted by molar-refractivity contribution is -0.115. The van der Waals surface area contributed by atoms with Gasteiger partial charge in [0.2, 0.25) is 5.91 Å². The van der Waals surface area contributed by atoms with Gasteiger partial charge in [0, 0.05) is 11.4 Å². The van der Waals surface area contributed by atoms with Gasteiger partial charge in [0.05, 0.1) is 15.8 Å². The molecule has 0 aromatic heterocycles. The summed E-state index contributed by atoms with van der Waals surface area (Å²) in [5.74, 6) is -0.114. The quantitative estimate of drug-likeness (QED) is 0.519. The third-order valence-electron chi connectivity index (χ3n) is 4.26. The number of para-hydroxylation sites is 1. The van der Waals surface area contributed by atoms with E-state index >= 15 is 0 Å². The van der Waals surface area contributed by atoms with E-state index in [1.807, 2.05) is 37.3 Å². The number of carbonyl (C=O) groups is 1. The molecule has 156 valence electrons. The molecule has 1 amide bonds. The van der Waals surface area contributed by atoms with Gasteiger partial charge in [-0.05, 0) is 48.9 Å². The highest BCUT2D eigenvalue weighted by Crippen LogP contribution is 2.22. The molecule has 3 aromatic rings. The lowest BCUT2D eigenvalue weighted by Crippen LogP contribution is -2.22. The van der Waals surface area contributed by atoms with Crippen molar-refractivity contribution in [3.05, 3.63) is 90.2 Å². The predicted molar refractivity (Wildman–Crippen MR) is 119 cm³/mol. The van der Waals surface area contributed by atoms with Crippen molar-refractivity contribution in [2.45, 2.75) is 22.8 Å². The second kappa shape index (κ2) is 9.77. The highest BCUT2D eigenvalue weighted by Gasteiger charge is 2.17. The zero-order valence-electron chi connectivity index (χ0n) is 16.2. The standard InChI is InChI=1S/C22H21FN2O3S2/c1-16(29-15-17-7-3-2-4-8-17)22(26)24-18-11-13-19(14-12-18)30(27,28)25-21-10-6-5-9-20(21)23/h2-14,16,25H,15H2,1H3,(H,24,26). The molecule has 8 heteroatoms. The maximum atomic E-state index is 13.7. The number of sulfonamides is 1. The fraction of sp³-hybridized carbons (Fsp3) is 0.136. The molecule has 0 heterocycles. The first kappa shape index (κ1) is 21.9. The minimum absolute atomic E-state index is 0.0322. The summed E-state index contributed by atoms with van der Waals surface area (Å²) in [6.45, 7) is 1.82. The molecule has 0 bridgehead atoms. The van der Waals surface area contributed by atoms with Crippen LogP contribution in [-0.2, 0) is 20.6 Å². The summed E-state index contributed by atoms with van der Waals surface area (Å²) in [5, 5.41) is 2.50. The monoisotopic (exact) mass is 444 g/mol. The van der Waals surface area contributed by atoms with Gasteiger partial charge in [-0.25, -0.2) is 12.8 Å². The Morgan fingerprint density at radius 3 is 2.27 bits per heavy atom. The number of benzene rings is 3. The lowest BCUT2D eigenvalue weighted by Gasteiger charge is -2.13. The van der Waals surface area contributed by atoms with Gasteiger partial charge in [0.15, 0.2) is 0 Å². The van der Waals surface area contributed by atoms with Gasteiger partial charge < -0.3 is 5.32 Å². The summed E-state index contributed by atoms with van der Waals surface area (Å²) in [4.78, 5) is 12.4. The van der Waals surface area contributed by atoms with Crippen LogP contribution >= 0.6 is 11.8 Å². The van der Waals surface area contributed by atoms with Crippen LogP contribution in [0.2, 0.25) is 0 Å². The van der Waals surface area contributed by atoms with Crippen molar-refractivity contribution in [1.29, 1.82) is 0 Å². The predicted octanol–water partition coefficient (Wildman–Crippen LogP) is 4.89. The van der Waals surface area contributed by atoms with E-state index in [-0.39, 0.29) is 21.7 Å². The van der Waals surface area contributed by atoms with Crippen molar-refractivity contribution in [2.75, 3.05) is 10.0 Å². The van der Waals surface area contributed by atoms with Crippen LogP contribution < -0.4 is 10.0 Å². The van der Waals surface area contributed by atoms with Crippen LogP contribution in [0.1, 0.15) is 12.5 Å². The maximum Gasteiger partial charge on any atom is 0.261 e. The lowest BCUT2D eigenvalue weighted by atomic mass is 10.2. The first-order chi connectivity index (χ1) is 14.3. The van der Waals surface area contributed by atoms with Gasteiger partial charge in [-0.15, -0.1) is 11.8 Å². The molecule has 0 saturated carbocycles.